The van der Waals surface area contributed by atoms with Crippen LogP contribution in [0.1, 0.15) is 18.1 Å². The van der Waals surface area contributed by atoms with Crippen molar-refractivity contribution < 1.29 is 9.53 Å². The number of hydrogen-bond donors (Lipinski definition) is 2. The molecule has 198 valence electrons. The molecule has 10 heteroatoms. The lowest BCUT2D eigenvalue weighted by Gasteiger charge is -2.26. The Hall–Kier alpha value is -4.44. The molecule has 3 N–H and O–H groups in total. The molecule has 4 aromatic rings. The predicted molar refractivity (Wildman–Crippen MR) is 152 cm³/mol. The molecule has 3 aromatic heterocycles. The summed E-state index contributed by atoms with van der Waals surface area (Å²) in [6, 6.07) is 9.59. The molecule has 0 aliphatic carbocycles. The molecule has 1 amide bonds. The number of hydrogen-bond acceptors (Lipinski definition) is 8. The summed E-state index contributed by atoms with van der Waals surface area (Å²) in [5.74, 6) is 0.357. The van der Waals surface area contributed by atoms with E-state index in [-0.39, 0.29) is 5.57 Å². The summed E-state index contributed by atoms with van der Waals surface area (Å²) in [5.41, 5.74) is 11.5. The molecule has 0 fully saturated rings. The minimum atomic E-state index is -0.595. The molecule has 0 bridgehead atoms. The fraction of sp³-hybridized carbons (Fsp3) is 0.286. The van der Waals surface area contributed by atoms with Gasteiger partial charge in [-0.3, -0.25) is 4.79 Å². The zero-order valence-electron chi connectivity index (χ0n) is 22.5. The maximum Gasteiger partial charge on any atom is 0.248 e. The Kier molecular flexibility index (Phi) is 7.92. The number of aryl methyl sites for hydroxylation is 1. The number of nitrogens with one attached hydrogen (secondary N) is 1. The highest BCUT2D eigenvalue weighted by Gasteiger charge is 2.20. The van der Waals surface area contributed by atoms with E-state index in [1.54, 1.807) is 13.2 Å². The number of ether oxygens (including phenoxy) is 1. The molecular formula is C28H34N8O2. The van der Waals surface area contributed by atoms with Gasteiger partial charge in [0.05, 0.1) is 30.2 Å². The monoisotopic (exact) mass is 514 g/mol. The maximum atomic E-state index is 12.1. The topological polar surface area (TPSA) is 114 Å². The van der Waals surface area contributed by atoms with E-state index < -0.39 is 5.91 Å². The quantitative estimate of drug-likeness (QED) is 0.292. The van der Waals surface area contributed by atoms with Crippen LogP contribution >= 0.6 is 0 Å². The molecule has 0 saturated carbocycles. The smallest absolute Gasteiger partial charge is 0.248 e. The normalized spacial score (nSPS) is 11.1. The lowest BCUT2D eigenvalue weighted by molar-refractivity contribution is -0.112. The molecule has 0 unspecified atom stereocenters. The third kappa shape index (κ3) is 5.45. The zero-order chi connectivity index (χ0) is 27.4. The van der Waals surface area contributed by atoms with E-state index in [0.29, 0.717) is 22.9 Å². The Balaban J connectivity index is 1.77. The molecular weight excluding hydrogens is 480 g/mol. The van der Waals surface area contributed by atoms with Gasteiger partial charge in [-0.15, -0.1) is 0 Å². The number of carbonyl (C=O) groups excluding carboxylic acids is 1. The van der Waals surface area contributed by atoms with Crippen LogP contribution in [0.15, 0.2) is 55.5 Å². The van der Waals surface area contributed by atoms with Crippen LogP contribution in [0.25, 0.3) is 22.3 Å². The molecule has 10 nitrogen and oxygen atoms in total. The Labute approximate surface area is 222 Å². The van der Waals surface area contributed by atoms with Gasteiger partial charge in [-0.2, -0.15) is 5.10 Å². The van der Waals surface area contributed by atoms with E-state index in [0.717, 1.165) is 47.5 Å². The van der Waals surface area contributed by atoms with Crippen molar-refractivity contribution in [3.05, 3.63) is 66.6 Å². The molecule has 0 aliphatic rings. The van der Waals surface area contributed by atoms with Crippen molar-refractivity contribution in [2.24, 2.45) is 5.73 Å². The fourth-order valence-corrected chi connectivity index (χ4v) is 4.19. The zero-order valence-corrected chi connectivity index (χ0v) is 22.5. The first-order valence-electron chi connectivity index (χ1n) is 12.4. The highest BCUT2D eigenvalue weighted by atomic mass is 16.5. The average molecular weight is 515 g/mol. The predicted octanol–water partition coefficient (Wildman–Crippen LogP) is 3.60. The van der Waals surface area contributed by atoms with Crippen LogP contribution in [-0.4, -0.2) is 71.7 Å². The summed E-state index contributed by atoms with van der Waals surface area (Å²) in [5, 5.41) is 7.75. The first-order chi connectivity index (χ1) is 18.2. The third-order valence-corrected chi connectivity index (χ3v) is 6.41. The SMILES string of the molecule is C=C(C(N)=O)c1cc(Nc2ncc(CC)c(-c3cnn4ccccc34)n2)c(OC)cc1N(C)CCN(C)C. The second-order valence-corrected chi connectivity index (χ2v) is 9.27. The van der Waals surface area contributed by atoms with E-state index in [2.05, 4.69) is 33.8 Å². The summed E-state index contributed by atoms with van der Waals surface area (Å²) < 4.78 is 7.54. The van der Waals surface area contributed by atoms with Gasteiger partial charge in [0.25, 0.3) is 0 Å². The van der Waals surface area contributed by atoms with Gasteiger partial charge in [-0.25, -0.2) is 14.5 Å². The number of aromatic nitrogens is 4. The van der Waals surface area contributed by atoms with Crippen LogP contribution in [0.3, 0.4) is 0 Å². The fourth-order valence-electron chi connectivity index (χ4n) is 4.19. The van der Waals surface area contributed by atoms with Crippen molar-refractivity contribution in [1.82, 2.24) is 24.5 Å². The van der Waals surface area contributed by atoms with Gasteiger partial charge in [0.1, 0.15) is 5.75 Å². The maximum absolute atomic E-state index is 12.1. The van der Waals surface area contributed by atoms with Crippen LogP contribution in [-0.2, 0) is 11.2 Å². The van der Waals surface area contributed by atoms with Gasteiger partial charge in [0.15, 0.2) is 0 Å². The lowest BCUT2D eigenvalue weighted by atomic mass is 10.0. The Morgan fingerprint density at radius 2 is 1.97 bits per heavy atom. The molecule has 3 heterocycles. The van der Waals surface area contributed by atoms with Crippen molar-refractivity contribution in [2.75, 3.05) is 51.6 Å². The van der Waals surface area contributed by atoms with Crippen molar-refractivity contribution in [2.45, 2.75) is 13.3 Å². The van der Waals surface area contributed by atoms with Crippen LogP contribution in [0.2, 0.25) is 0 Å². The molecule has 0 atom stereocenters. The Morgan fingerprint density at radius 3 is 2.66 bits per heavy atom. The van der Waals surface area contributed by atoms with E-state index in [1.807, 2.05) is 73.4 Å². The number of methoxy groups -OCH3 is 1. The molecule has 38 heavy (non-hydrogen) atoms. The minimum absolute atomic E-state index is 0.205. The van der Waals surface area contributed by atoms with E-state index >= 15 is 0 Å². The highest BCUT2D eigenvalue weighted by Crippen LogP contribution is 2.38. The standard InChI is InChI=1S/C28H34N8O2/c1-7-19-16-30-28(33-26(19)21-17-31-36-11-9-8-10-23(21)36)32-22-14-20(18(2)27(29)37)24(15-25(22)38-6)35(5)13-12-34(3)4/h8-11,14-17H,2,7,12-13H2,1,3-6H3,(H2,29,37)(H,30,32,33). The first-order valence-corrected chi connectivity index (χ1v) is 12.4. The number of amides is 1. The van der Waals surface area contributed by atoms with Gasteiger partial charge in [0.2, 0.25) is 11.9 Å². The number of benzene rings is 1. The minimum Gasteiger partial charge on any atom is -0.494 e. The lowest BCUT2D eigenvalue weighted by Crippen LogP contribution is -2.29. The number of primary amides is 1. The summed E-state index contributed by atoms with van der Waals surface area (Å²) in [6.45, 7) is 7.57. The third-order valence-electron chi connectivity index (χ3n) is 6.41. The van der Waals surface area contributed by atoms with Crippen LogP contribution in [0.4, 0.5) is 17.3 Å². The van der Waals surface area contributed by atoms with E-state index in [9.17, 15) is 4.79 Å². The van der Waals surface area contributed by atoms with Crippen molar-refractivity contribution in [1.29, 1.82) is 0 Å². The number of rotatable bonds is 11. The Morgan fingerprint density at radius 1 is 1.18 bits per heavy atom. The number of pyridine rings is 1. The number of fused-ring (bicyclic) bond motifs is 1. The van der Waals surface area contributed by atoms with Gasteiger partial charge in [-0.05, 0) is 44.3 Å². The van der Waals surface area contributed by atoms with Gasteiger partial charge in [0, 0.05) is 61.0 Å². The molecule has 0 saturated heterocycles. The Bertz CT molecular complexity index is 1480. The van der Waals surface area contributed by atoms with Gasteiger partial charge >= 0.3 is 0 Å². The van der Waals surface area contributed by atoms with E-state index in [4.69, 9.17) is 15.5 Å². The highest BCUT2D eigenvalue weighted by molar-refractivity contribution is 6.19. The molecule has 0 aliphatic heterocycles. The molecule has 0 spiro atoms. The van der Waals surface area contributed by atoms with Crippen molar-refractivity contribution >= 4 is 34.3 Å². The second kappa shape index (κ2) is 11.3. The van der Waals surface area contributed by atoms with Crippen LogP contribution in [0, 0.1) is 0 Å². The summed E-state index contributed by atoms with van der Waals surface area (Å²) >= 11 is 0. The summed E-state index contributed by atoms with van der Waals surface area (Å²) in [4.78, 5) is 25.7. The molecule has 4 rings (SSSR count). The number of carbonyl (C=O) groups is 1. The average Bonchev–Trinajstić information content (AvgIpc) is 3.35. The van der Waals surface area contributed by atoms with Gasteiger partial charge < -0.3 is 25.6 Å². The first kappa shape index (κ1) is 26.6. The van der Waals surface area contributed by atoms with Crippen molar-refractivity contribution in [3.8, 4) is 17.0 Å². The number of anilines is 3. The van der Waals surface area contributed by atoms with Crippen molar-refractivity contribution in [3.63, 3.8) is 0 Å². The second-order valence-electron chi connectivity index (χ2n) is 9.27. The number of likely N-dealkylation sites (N-methyl/N-ethyl adjacent to an activating group) is 2. The molecule has 1 aromatic carbocycles. The summed E-state index contributed by atoms with van der Waals surface area (Å²) in [6.07, 6.45) is 6.30. The van der Waals surface area contributed by atoms with Crippen LogP contribution in [0.5, 0.6) is 5.75 Å². The van der Waals surface area contributed by atoms with E-state index in [1.165, 1.54) is 0 Å². The largest absolute Gasteiger partial charge is 0.494 e. The van der Waals surface area contributed by atoms with Gasteiger partial charge in [-0.1, -0.05) is 19.6 Å². The number of nitrogens with zero attached hydrogens (tertiary/aromatic N) is 6. The number of nitrogens with two attached hydrogens (primary N) is 1. The molecule has 0 radical (unpaired) electrons. The summed E-state index contributed by atoms with van der Waals surface area (Å²) in [7, 11) is 7.57. The van der Waals surface area contributed by atoms with Crippen LogP contribution < -0.4 is 20.7 Å².